The lowest BCUT2D eigenvalue weighted by Gasteiger charge is -2.14. The fourth-order valence-corrected chi connectivity index (χ4v) is 1.41. The van der Waals surface area contributed by atoms with Gasteiger partial charge >= 0.3 is 5.97 Å². The van der Waals surface area contributed by atoms with Crippen LogP contribution in [0.2, 0.25) is 0 Å². The summed E-state index contributed by atoms with van der Waals surface area (Å²) in [6.07, 6.45) is 0.310. The Morgan fingerprint density at radius 2 is 1.94 bits per heavy atom. The smallest absolute Gasteiger partial charge is 0.309 e. The second kappa shape index (κ2) is 6.13. The van der Waals surface area contributed by atoms with Crippen LogP contribution >= 0.6 is 0 Å². The Morgan fingerprint density at radius 1 is 1.24 bits per heavy atom. The summed E-state index contributed by atoms with van der Waals surface area (Å²) in [5.74, 6) is 1.03. The highest BCUT2D eigenvalue weighted by Crippen LogP contribution is 2.29. The first-order chi connectivity index (χ1) is 8.06. The van der Waals surface area contributed by atoms with Gasteiger partial charge in [-0.3, -0.25) is 4.79 Å². The maximum atomic E-state index is 11.1. The standard InChI is InChI=1S/C13H18O4/c1-9(2)17-11-6-5-10(7-12(11)15-3)8-13(14)16-4/h5-7,9H,8H2,1-4H3. The van der Waals surface area contributed by atoms with Gasteiger partial charge in [-0.2, -0.15) is 0 Å². The van der Waals surface area contributed by atoms with Crippen molar-refractivity contribution in [2.45, 2.75) is 26.4 Å². The molecule has 0 heterocycles. The number of esters is 1. The van der Waals surface area contributed by atoms with Crippen molar-refractivity contribution in [2.24, 2.45) is 0 Å². The predicted molar refractivity (Wildman–Crippen MR) is 64.5 cm³/mol. The van der Waals surface area contributed by atoms with Gasteiger partial charge in [-0.15, -0.1) is 0 Å². The van der Waals surface area contributed by atoms with Crippen LogP contribution in [0.3, 0.4) is 0 Å². The maximum absolute atomic E-state index is 11.1. The summed E-state index contributed by atoms with van der Waals surface area (Å²) in [7, 11) is 2.94. The Morgan fingerprint density at radius 3 is 2.47 bits per heavy atom. The van der Waals surface area contributed by atoms with Gasteiger partial charge in [-0.25, -0.2) is 0 Å². The van der Waals surface area contributed by atoms with Crippen LogP contribution in [0, 0.1) is 0 Å². The first-order valence-electron chi connectivity index (χ1n) is 5.47. The third-order valence-electron chi connectivity index (χ3n) is 2.17. The summed E-state index contributed by atoms with van der Waals surface area (Å²) in [5.41, 5.74) is 0.838. The lowest BCUT2D eigenvalue weighted by atomic mass is 10.1. The quantitative estimate of drug-likeness (QED) is 0.738. The molecule has 4 nitrogen and oxygen atoms in total. The molecule has 0 saturated carbocycles. The molecule has 0 aliphatic carbocycles. The summed E-state index contributed by atoms with van der Waals surface area (Å²) >= 11 is 0. The van der Waals surface area contributed by atoms with Crippen molar-refractivity contribution in [3.8, 4) is 11.5 Å². The van der Waals surface area contributed by atoms with E-state index in [1.54, 1.807) is 19.2 Å². The van der Waals surface area contributed by atoms with Gasteiger partial charge in [-0.05, 0) is 31.5 Å². The molecule has 94 valence electrons. The molecular formula is C13H18O4. The molecule has 4 heteroatoms. The van der Waals surface area contributed by atoms with Gasteiger partial charge in [0.15, 0.2) is 11.5 Å². The Kier molecular flexibility index (Phi) is 4.82. The Balaban J connectivity index is 2.88. The lowest BCUT2D eigenvalue weighted by molar-refractivity contribution is -0.139. The number of hydrogen-bond donors (Lipinski definition) is 0. The first-order valence-corrected chi connectivity index (χ1v) is 5.47. The first kappa shape index (κ1) is 13.4. The zero-order valence-corrected chi connectivity index (χ0v) is 10.6. The minimum absolute atomic E-state index is 0.0790. The highest BCUT2D eigenvalue weighted by Gasteiger charge is 2.09. The monoisotopic (exact) mass is 238 g/mol. The fourth-order valence-electron chi connectivity index (χ4n) is 1.41. The highest BCUT2D eigenvalue weighted by molar-refractivity contribution is 5.72. The molecule has 0 aliphatic rings. The van der Waals surface area contributed by atoms with E-state index in [0.29, 0.717) is 11.5 Å². The van der Waals surface area contributed by atoms with Crippen molar-refractivity contribution in [3.05, 3.63) is 23.8 Å². The van der Waals surface area contributed by atoms with Gasteiger partial charge in [0.1, 0.15) is 0 Å². The van der Waals surface area contributed by atoms with Gasteiger partial charge in [0.25, 0.3) is 0 Å². The van der Waals surface area contributed by atoms with Gasteiger partial charge < -0.3 is 14.2 Å². The molecule has 1 aromatic rings. The zero-order valence-electron chi connectivity index (χ0n) is 10.6. The number of hydrogen-bond acceptors (Lipinski definition) is 4. The van der Waals surface area contributed by atoms with Crippen molar-refractivity contribution >= 4 is 5.97 Å². The van der Waals surface area contributed by atoms with Crippen LogP contribution in [-0.2, 0) is 16.0 Å². The third kappa shape index (κ3) is 3.98. The van der Waals surface area contributed by atoms with Crippen LogP contribution in [0.25, 0.3) is 0 Å². The molecule has 0 aliphatic heterocycles. The molecule has 0 unspecified atom stereocenters. The lowest BCUT2D eigenvalue weighted by Crippen LogP contribution is -2.08. The fraction of sp³-hybridized carbons (Fsp3) is 0.462. The molecule has 0 aromatic heterocycles. The molecule has 0 saturated heterocycles. The van der Waals surface area contributed by atoms with E-state index in [1.165, 1.54) is 7.11 Å². The highest BCUT2D eigenvalue weighted by atomic mass is 16.5. The number of rotatable bonds is 5. The van der Waals surface area contributed by atoms with E-state index in [1.807, 2.05) is 19.9 Å². The average molecular weight is 238 g/mol. The van der Waals surface area contributed by atoms with E-state index in [2.05, 4.69) is 4.74 Å². The molecule has 0 radical (unpaired) electrons. The van der Waals surface area contributed by atoms with E-state index in [4.69, 9.17) is 9.47 Å². The normalized spacial score (nSPS) is 10.2. The molecule has 1 rings (SSSR count). The van der Waals surface area contributed by atoms with Crippen LogP contribution in [0.1, 0.15) is 19.4 Å². The van der Waals surface area contributed by atoms with Crippen LogP contribution in [0.15, 0.2) is 18.2 Å². The molecule has 0 fully saturated rings. The zero-order chi connectivity index (χ0) is 12.8. The second-order valence-corrected chi connectivity index (χ2v) is 3.90. The summed E-state index contributed by atoms with van der Waals surface area (Å²) < 4.78 is 15.4. The van der Waals surface area contributed by atoms with E-state index in [-0.39, 0.29) is 18.5 Å². The third-order valence-corrected chi connectivity index (χ3v) is 2.17. The van der Waals surface area contributed by atoms with Crippen molar-refractivity contribution in [3.63, 3.8) is 0 Å². The largest absolute Gasteiger partial charge is 0.493 e. The second-order valence-electron chi connectivity index (χ2n) is 3.90. The summed E-state index contributed by atoms with van der Waals surface area (Å²) in [5, 5.41) is 0. The summed E-state index contributed by atoms with van der Waals surface area (Å²) in [6, 6.07) is 5.42. The van der Waals surface area contributed by atoms with Crippen LogP contribution in [0.5, 0.6) is 11.5 Å². The number of methoxy groups -OCH3 is 2. The van der Waals surface area contributed by atoms with Gasteiger partial charge in [0.05, 0.1) is 26.7 Å². The maximum Gasteiger partial charge on any atom is 0.309 e. The Hall–Kier alpha value is -1.71. The van der Waals surface area contributed by atoms with Gasteiger partial charge in [0, 0.05) is 0 Å². The Bertz CT molecular complexity index is 385. The predicted octanol–water partition coefficient (Wildman–Crippen LogP) is 2.20. The Labute approximate surface area is 101 Å². The number of benzene rings is 1. The van der Waals surface area contributed by atoms with Crippen molar-refractivity contribution in [1.82, 2.24) is 0 Å². The molecule has 0 N–H and O–H groups in total. The molecular weight excluding hydrogens is 220 g/mol. The van der Waals surface area contributed by atoms with Crippen molar-refractivity contribution in [1.29, 1.82) is 0 Å². The summed E-state index contributed by atoms with van der Waals surface area (Å²) in [4.78, 5) is 11.1. The number of carbonyl (C=O) groups is 1. The number of carbonyl (C=O) groups excluding carboxylic acids is 1. The minimum Gasteiger partial charge on any atom is -0.493 e. The molecule has 0 bridgehead atoms. The molecule has 0 atom stereocenters. The summed E-state index contributed by atoms with van der Waals surface area (Å²) in [6.45, 7) is 3.89. The SMILES string of the molecule is COC(=O)Cc1ccc(OC(C)C)c(OC)c1. The van der Waals surface area contributed by atoms with E-state index in [9.17, 15) is 4.79 Å². The number of ether oxygens (including phenoxy) is 3. The van der Waals surface area contributed by atoms with Crippen LogP contribution in [-0.4, -0.2) is 26.3 Å². The van der Waals surface area contributed by atoms with Crippen molar-refractivity contribution in [2.75, 3.05) is 14.2 Å². The van der Waals surface area contributed by atoms with Crippen LogP contribution in [0.4, 0.5) is 0 Å². The van der Waals surface area contributed by atoms with Crippen LogP contribution < -0.4 is 9.47 Å². The van der Waals surface area contributed by atoms with E-state index in [0.717, 1.165) is 5.56 Å². The van der Waals surface area contributed by atoms with E-state index < -0.39 is 0 Å². The van der Waals surface area contributed by atoms with Gasteiger partial charge in [0.2, 0.25) is 0 Å². The molecule has 0 amide bonds. The molecule has 1 aromatic carbocycles. The van der Waals surface area contributed by atoms with E-state index >= 15 is 0 Å². The molecule has 0 spiro atoms. The minimum atomic E-state index is -0.274. The van der Waals surface area contributed by atoms with Crippen molar-refractivity contribution < 1.29 is 19.0 Å². The van der Waals surface area contributed by atoms with Gasteiger partial charge in [-0.1, -0.05) is 6.07 Å². The topological polar surface area (TPSA) is 44.8 Å². The molecule has 17 heavy (non-hydrogen) atoms. The average Bonchev–Trinajstić information content (AvgIpc) is 2.30.